The van der Waals surface area contributed by atoms with E-state index in [4.69, 9.17) is 0 Å². The topological polar surface area (TPSA) is 45.8 Å². The second kappa shape index (κ2) is 5.29. The molecule has 4 heteroatoms. The molecule has 3 nitrogen and oxygen atoms in total. The predicted molar refractivity (Wildman–Crippen MR) is 78.3 cm³/mol. The Balaban J connectivity index is 1.91. The van der Waals surface area contributed by atoms with Gasteiger partial charge in [0.1, 0.15) is 5.82 Å². The Kier molecular flexibility index (Phi) is 3.51. The normalized spacial score (nSPS) is 15.8. The van der Waals surface area contributed by atoms with Crippen LogP contribution in [-0.2, 0) is 0 Å². The van der Waals surface area contributed by atoms with E-state index >= 15 is 0 Å². The molecule has 1 aromatic carbocycles. The molecule has 0 bridgehead atoms. The van der Waals surface area contributed by atoms with Gasteiger partial charge in [-0.05, 0) is 25.0 Å². The van der Waals surface area contributed by atoms with E-state index in [0.29, 0.717) is 11.5 Å². The molecule has 1 N–H and O–H groups in total. The zero-order valence-electron chi connectivity index (χ0n) is 10.5. The molecule has 0 radical (unpaired) electrons. The van der Waals surface area contributed by atoms with Crippen molar-refractivity contribution in [1.82, 2.24) is 9.97 Å². The van der Waals surface area contributed by atoms with E-state index in [0.717, 1.165) is 27.8 Å². The van der Waals surface area contributed by atoms with Crippen molar-refractivity contribution in [3.63, 3.8) is 0 Å². The summed E-state index contributed by atoms with van der Waals surface area (Å²) in [5, 5.41) is 0. The van der Waals surface area contributed by atoms with E-state index in [9.17, 15) is 4.79 Å². The molecule has 0 aliphatic heterocycles. The van der Waals surface area contributed by atoms with E-state index in [1.54, 1.807) is 0 Å². The van der Waals surface area contributed by atoms with Gasteiger partial charge in [0.05, 0.1) is 11.9 Å². The predicted octanol–water partition coefficient (Wildman–Crippen LogP) is 4.31. The fourth-order valence-corrected chi connectivity index (χ4v) is 3.03. The number of aromatic nitrogens is 2. The molecule has 0 unspecified atom stereocenters. The Labute approximate surface area is 120 Å². The number of carbonyl (C=O) groups is 1. The maximum absolute atomic E-state index is 11.0. The van der Waals surface area contributed by atoms with Crippen LogP contribution in [-0.4, -0.2) is 16.3 Å². The monoisotopic (exact) mass is 318 g/mol. The van der Waals surface area contributed by atoms with E-state index in [2.05, 4.69) is 25.9 Å². The van der Waals surface area contributed by atoms with Crippen molar-refractivity contribution in [2.75, 3.05) is 0 Å². The molecule has 1 aromatic heterocycles. The number of halogens is 1. The molecule has 0 amide bonds. The lowest BCUT2D eigenvalue weighted by molar-refractivity contribution is 0.112. The maximum Gasteiger partial charge on any atom is 0.151 e. The molecule has 2 aromatic rings. The van der Waals surface area contributed by atoms with Crippen molar-refractivity contribution in [2.24, 2.45) is 0 Å². The van der Waals surface area contributed by atoms with Crippen molar-refractivity contribution in [2.45, 2.75) is 31.6 Å². The first kappa shape index (κ1) is 12.6. The average molecular weight is 319 g/mol. The van der Waals surface area contributed by atoms with Crippen molar-refractivity contribution in [3.05, 3.63) is 40.3 Å². The number of hydrogen-bond donors (Lipinski definition) is 1. The molecule has 0 spiro atoms. The molecule has 1 aliphatic carbocycles. The number of rotatable bonds is 3. The molecule has 0 saturated heterocycles. The summed E-state index contributed by atoms with van der Waals surface area (Å²) in [5.74, 6) is 1.66. The highest BCUT2D eigenvalue weighted by Crippen LogP contribution is 2.33. The first-order chi connectivity index (χ1) is 9.28. The van der Waals surface area contributed by atoms with Gasteiger partial charge < -0.3 is 4.98 Å². The van der Waals surface area contributed by atoms with Crippen LogP contribution in [0.15, 0.2) is 28.9 Å². The summed E-state index contributed by atoms with van der Waals surface area (Å²) in [6.45, 7) is 0. The third-order valence-electron chi connectivity index (χ3n) is 3.77. The maximum atomic E-state index is 11.0. The van der Waals surface area contributed by atoms with Crippen molar-refractivity contribution < 1.29 is 4.79 Å². The number of aromatic amines is 1. The first-order valence-electron chi connectivity index (χ1n) is 6.58. The molecular weight excluding hydrogens is 304 g/mol. The van der Waals surface area contributed by atoms with Crippen LogP contribution in [0, 0.1) is 0 Å². The SMILES string of the molecule is O=Cc1cc(-c2cnc(C3CCCC3)[nH]2)ccc1Br. The van der Waals surface area contributed by atoms with Crippen LogP contribution >= 0.6 is 15.9 Å². The van der Waals surface area contributed by atoms with Gasteiger partial charge in [0.2, 0.25) is 0 Å². The number of benzene rings is 1. The summed E-state index contributed by atoms with van der Waals surface area (Å²) in [7, 11) is 0. The second-order valence-corrected chi connectivity index (χ2v) is 5.87. The van der Waals surface area contributed by atoms with Crippen LogP contribution in [0.4, 0.5) is 0 Å². The number of hydrogen-bond acceptors (Lipinski definition) is 2. The number of aldehydes is 1. The second-order valence-electron chi connectivity index (χ2n) is 5.02. The summed E-state index contributed by atoms with van der Waals surface area (Å²) < 4.78 is 0.821. The van der Waals surface area contributed by atoms with Gasteiger partial charge in [-0.3, -0.25) is 4.79 Å². The minimum Gasteiger partial charge on any atom is -0.342 e. The minimum absolute atomic E-state index is 0.578. The quantitative estimate of drug-likeness (QED) is 0.857. The Morgan fingerprint density at radius 1 is 1.32 bits per heavy atom. The lowest BCUT2D eigenvalue weighted by atomic mass is 10.1. The summed E-state index contributed by atoms with van der Waals surface area (Å²) in [6.07, 6.45) is 7.79. The Bertz CT molecular complexity index is 600. The zero-order chi connectivity index (χ0) is 13.2. The van der Waals surface area contributed by atoms with Crippen LogP contribution in [0.5, 0.6) is 0 Å². The van der Waals surface area contributed by atoms with Gasteiger partial charge in [-0.2, -0.15) is 0 Å². The van der Waals surface area contributed by atoms with Crippen LogP contribution in [0.1, 0.15) is 47.8 Å². The Morgan fingerprint density at radius 3 is 2.84 bits per heavy atom. The van der Waals surface area contributed by atoms with E-state index < -0.39 is 0 Å². The number of nitrogens with one attached hydrogen (secondary N) is 1. The van der Waals surface area contributed by atoms with Crippen LogP contribution in [0.2, 0.25) is 0 Å². The van der Waals surface area contributed by atoms with Gasteiger partial charge in [-0.25, -0.2) is 4.98 Å². The highest BCUT2D eigenvalue weighted by molar-refractivity contribution is 9.10. The van der Waals surface area contributed by atoms with E-state index in [1.165, 1.54) is 25.7 Å². The number of H-pyrrole nitrogens is 1. The van der Waals surface area contributed by atoms with Gasteiger partial charge in [0.25, 0.3) is 0 Å². The summed E-state index contributed by atoms with van der Waals surface area (Å²) in [5.41, 5.74) is 2.65. The molecule has 1 heterocycles. The Hall–Kier alpha value is -1.42. The van der Waals surface area contributed by atoms with E-state index in [1.807, 2.05) is 24.4 Å². The smallest absolute Gasteiger partial charge is 0.151 e. The van der Waals surface area contributed by atoms with Gasteiger partial charge in [-0.1, -0.05) is 34.8 Å². The first-order valence-corrected chi connectivity index (χ1v) is 7.37. The molecule has 0 atom stereocenters. The molecule has 1 fully saturated rings. The molecule has 1 aliphatic rings. The molecular formula is C15H15BrN2O. The summed E-state index contributed by atoms with van der Waals surface area (Å²) >= 11 is 3.37. The third kappa shape index (κ3) is 2.50. The number of imidazole rings is 1. The van der Waals surface area contributed by atoms with Crippen molar-refractivity contribution >= 4 is 22.2 Å². The number of carbonyl (C=O) groups excluding carboxylic acids is 1. The molecule has 19 heavy (non-hydrogen) atoms. The average Bonchev–Trinajstić information content (AvgIpc) is 3.10. The minimum atomic E-state index is 0.578. The number of nitrogens with zero attached hydrogens (tertiary/aromatic N) is 1. The summed E-state index contributed by atoms with van der Waals surface area (Å²) in [4.78, 5) is 18.9. The highest BCUT2D eigenvalue weighted by atomic mass is 79.9. The third-order valence-corrected chi connectivity index (χ3v) is 4.49. The van der Waals surface area contributed by atoms with E-state index in [-0.39, 0.29) is 0 Å². The fraction of sp³-hybridized carbons (Fsp3) is 0.333. The van der Waals surface area contributed by atoms with Crippen molar-refractivity contribution in [1.29, 1.82) is 0 Å². The molecule has 98 valence electrons. The zero-order valence-corrected chi connectivity index (χ0v) is 12.1. The van der Waals surface area contributed by atoms with Gasteiger partial charge >= 0.3 is 0 Å². The Morgan fingerprint density at radius 2 is 2.11 bits per heavy atom. The fourth-order valence-electron chi connectivity index (χ4n) is 2.69. The lowest BCUT2D eigenvalue weighted by Crippen LogP contribution is -1.94. The van der Waals surface area contributed by atoms with Crippen molar-refractivity contribution in [3.8, 4) is 11.3 Å². The van der Waals surface area contributed by atoms with Crippen LogP contribution in [0.25, 0.3) is 11.3 Å². The largest absolute Gasteiger partial charge is 0.342 e. The van der Waals surface area contributed by atoms with Crippen LogP contribution in [0.3, 0.4) is 0 Å². The lowest BCUT2D eigenvalue weighted by Gasteiger charge is -2.04. The molecule has 1 saturated carbocycles. The van der Waals surface area contributed by atoms with Crippen LogP contribution < -0.4 is 0 Å². The summed E-state index contributed by atoms with van der Waals surface area (Å²) in [6, 6.07) is 5.77. The van der Waals surface area contributed by atoms with Gasteiger partial charge in [0, 0.05) is 21.5 Å². The molecule has 3 rings (SSSR count). The van der Waals surface area contributed by atoms with Gasteiger partial charge in [0.15, 0.2) is 6.29 Å². The highest BCUT2D eigenvalue weighted by Gasteiger charge is 2.20. The standard InChI is InChI=1S/C15H15BrN2O/c16-13-6-5-11(7-12(13)9-19)14-8-17-15(18-14)10-3-1-2-4-10/h5-10H,1-4H2,(H,17,18). The van der Waals surface area contributed by atoms with Gasteiger partial charge in [-0.15, -0.1) is 0 Å².